The molecule has 2 fully saturated rings. The molecule has 212 valence electrons. The van der Waals surface area contributed by atoms with Crippen LogP contribution < -0.4 is 18.9 Å². The van der Waals surface area contributed by atoms with E-state index in [1.165, 1.54) is 48.3 Å². The number of benzene rings is 2. The van der Waals surface area contributed by atoms with E-state index in [2.05, 4.69) is 78.8 Å². The molecule has 0 bridgehead atoms. The summed E-state index contributed by atoms with van der Waals surface area (Å²) in [5.74, 6) is 6.19. The number of likely N-dealkylation sites (N-methyl/N-ethyl adjacent to an activating group) is 1. The lowest BCUT2D eigenvalue weighted by atomic mass is 9.64. The molecule has 2 aromatic carbocycles. The van der Waals surface area contributed by atoms with Crippen molar-refractivity contribution in [2.24, 2.45) is 5.92 Å². The van der Waals surface area contributed by atoms with Crippen molar-refractivity contribution in [2.45, 2.75) is 48.5 Å². The van der Waals surface area contributed by atoms with Gasteiger partial charge < -0.3 is 23.8 Å². The van der Waals surface area contributed by atoms with E-state index >= 15 is 0 Å². The lowest BCUT2D eigenvalue weighted by Gasteiger charge is -2.46. The van der Waals surface area contributed by atoms with Crippen LogP contribution in [0.15, 0.2) is 36.4 Å². The molecule has 38 heavy (non-hydrogen) atoms. The highest BCUT2D eigenvalue weighted by molar-refractivity contribution is 8.18. The van der Waals surface area contributed by atoms with Gasteiger partial charge in [0.25, 0.3) is 0 Å². The molecular formula is C30H44ClNO4S2. The van der Waals surface area contributed by atoms with E-state index in [1.54, 1.807) is 28.4 Å². The fraction of sp³-hybridized carbons (Fsp3) is 0.600. The monoisotopic (exact) mass is 581 g/mol. The summed E-state index contributed by atoms with van der Waals surface area (Å²) >= 11 is 4.21. The van der Waals surface area contributed by atoms with Crippen molar-refractivity contribution in [3.05, 3.63) is 47.5 Å². The Balaban J connectivity index is 0.00000400. The van der Waals surface area contributed by atoms with Gasteiger partial charge in [-0.3, -0.25) is 0 Å². The number of methoxy groups -OCH3 is 4. The van der Waals surface area contributed by atoms with Crippen LogP contribution >= 0.6 is 35.9 Å². The van der Waals surface area contributed by atoms with E-state index in [-0.39, 0.29) is 21.9 Å². The van der Waals surface area contributed by atoms with E-state index in [0.29, 0.717) is 5.92 Å². The predicted molar refractivity (Wildman–Crippen MR) is 164 cm³/mol. The largest absolute Gasteiger partial charge is 0.493 e. The Bertz CT molecular complexity index is 1040. The van der Waals surface area contributed by atoms with Crippen molar-refractivity contribution >= 4 is 35.9 Å². The third-order valence-electron chi connectivity index (χ3n) is 7.90. The lowest BCUT2D eigenvalue weighted by Crippen LogP contribution is -2.45. The van der Waals surface area contributed by atoms with E-state index in [0.717, 1.165) is 42.5 Å². The molecule has 5 nitrogen and oxygen atoms in total. The van der Waals surface area contributed by atoms with Gasteiger partial charge in [0.2, 0.25) is 0 Å². The molecule has 1 saturated heterocycles. The Kier molecular flexibility index (Phi) is 11.3. The number of ether oxygens (including phenoxy) is 4. The van der Waals surface area contributed by atoms with Gasteiger partial charge in [-0.25, -0.2) is 0 Å². The third-order valence-corrected chi connectivity index (χ3v) is 11.3. The minimum absolute atomic E-state index is 0. The van der Waals surface area contributed by atoms with E-state index < -0.39 is 0 Å². The Labute approximate surface area is 244 Å². The Morgan fingerprint density at radius 1 is 0.789 bits per heavy atom. The summed E-state index contributed by atoms with van der Waals surface area (Å²) in [5.41, 5.74) is 2.91. The highest BCUT2D eigenvalue weighted by Gasteiger charge is 2.41. The zero-order valence-corrected chi connectivity index (χ0v) is 26.2. The molecule has 1 atom stereocenters. The second kappa shape index (κ2) is 13.8. The van der Waals surface area contributed by atoms with E-state index in [1.807, 2.05) is 0 Å². The molecule has 0 radical (unpaired) electrons. The average Bonchev–Trinajstić information content (AvgIpc) is 2.90. The first-order valence-electron chi connectivity index (χ1n) is 13.3. The first-order chi connectivity index (χ1) is 17.9. The summed E-state index contributed by atoms with van der Waals surface area (Å²) in [7, 11) is 9.14. The van der Waals surface area contributed by atoms with Gasteiger partial charge in [-0.2, -0.15) is 0 Å². The molecule has 0 N–H and O–H groups in total. The molecule has 2 aromatic rings. The molecule has 1 saturated carbocycles. The van der Waals surface area contributed by atoms with Crippen LogP contribution in [-0.2, 0) is 9.49 Å². The molecule has 1 aliphatic carbocycles. The van der Waals surface area contributed by atoms with Crippen molar-refractivity contribution in [2.75, 3.05) is 60.1 Å². The van der Waals surface area contributed by atoms with Crippen LogP contribution in [0.4, 0.5) is 0 Å². The van der Waals surface area contributed by atoms with Crippen LogP contribution in [0.5, 0.6) is 23.0 Å². The summed E-state index contributed by atoms with van der Waals surface area (Å²) in [6.45, 7) is 4.56. The first kappa shape index (κ1) is 31.1. The SMILES string of the molecule is COc1ccc(C2(CN(C)CC(C)CC3(c4ccc(OC)c(OC)c4)SCCCS3)CCC2)cc1OC.Cl. The van der Waals surface area contributed by atoms with Crippen LogP contribution in [0.3, 0.4) is 0 Å². The average molecular weight is 582 g/mol. The molecule has 1 unspecified atom stereocenters. The maximum absolute atomic E-state index is 5.66. The number of halogens is 1. The van der Waals surface area contributed by atoms with Crippen LogP contribution in [-0.4, -0.2) is 65.0 Å². The maximum Gasteiger partial charge on any atom is 0.161 e. The maximum atomic E-state index is 5.66. The van der Waals surface area contributed by atoms with Crippen molar-refractivity contribution in [3.8, 4) is 23.0 Å². The molecule has 8 heteroatoms. The van der Waals surface area contributed by atoms with Gasteiger partial charge >= 0.3 is 0 Å². The third kappa shape index (κ3) is 6.65. The standard InChI is InChI=1S/C30H43NO4S2.ClH/c1-22(19-30(36-15-8-16-37-30)24-10-12-26(33-4)28(18-24)35-6)20-31(2)21-29(13-7-14-29)23-9-11-25(32-3)27(17-23)34-5;/h9-12,17-18,22H,7-8,13-16,19-21H2,1-6H3;1H. The van der Waals surface area contributed by atoms with Gasteiger partial charge in [-0.1, -0.05) is 25.5 Å². The van der Waals surface area contributed by atoms with Gasteiger partial charge in [0.1, 0.15) is 0 Å². The summed E-state index contributed by atoms with van der Waals surface area (Å²) in [6, 6.07) is 13.0. The molecule has 0 aromatic heterocycles. The molecule has 4 rings (SSSR count). The topological polar surface area (TPSA) is 40.2 Å². The predicted octanol–water partition coefficient (Wildman–Crippen LogP) is 7.25. The van der Waals surface area contributed by atoms with Crippen molar-refractivity contribution in [1.82, 2.24) is 4.90 Å². The van der Waals surface area contributed by atoms with Crippen LogP contribution in [0.1, 0.15) is 50.2 Å². The molecule has 2 aliphatic rings. The minimum Gasteiger partial charge on any atom is -0.493 e. The zero-order chi connectivity index (χ0) is 26.5. The molecular weight excluding hydrogens is 538 g/mol. The summed E-state index contributed by atoms with van der Waals surface area (Å²) in [4.78, 5) is 2.56. The Hall–Kier alpha value is -1.41. The Morgan fingerprint density at radius 3 is 1.82 bits per heavy atom. The van der Waals surface area contributed by atoms with E-state index in [4.69, 9.17) is 18.9 Å². The van der Waals surface area contributed by atoms with Crippen LogP contribution in [0, 0.1) is 5.92 Å². The highest BCUT2D eigenvalue weighted by atomic mass is 35.5. The lowest BCUT2D eigenvalue weighted by molar-refractivity contribution is 0.145. The number of nitrogens with zero attached hydrogens (tertiary/aromatic N) is 1. The normalized spacial score (nSPS) is 18.6. The smallest absolute Gasteiger partial charge is 0.161 e. The van der Waals surface area contributed by atoms with Crippen molar-refractivity contribution in [3.63, 3.8) is 0 Å². The summed E-state index contributed by atoms with van der Waals surface area (Å²) in [6.07, 6.45) is 6.14. The minimum atomic E-state index is 0. The Morgan fingerprint density at radius 2 is 1.32 bits per heavy atom. The quantitative estimate of drug-likeness (QED) is 0.261. The molecule has 0 spiro atoms. The van der Waals surface area contributed by atoms with Gasteiger partial charge in [0.15, 0.2) is 23.0 Å². The molecule has 1 heterocycles. The van der Waals surface area contributed by atoms with E-state index in [9.17, 15) is 0 Å². The fourth-order valence-corrected chi connectivity index (χ4v) is 9.64. The summed E-state index contributed by atoms with van der Waals surface area (Å²) < 4.78 is 22.3. The van der Waals surface area contributed by atoms with Gasteiger partial charge in [0.05, 0.1) is 32.5 Å². The number of thioether (sulfide) groups is 2. The number of hydrogen-bond donors (Lipinski definition) is 0. The van der Waals surface area contributed by atoms with Gasteiger partial charge in [-0.15, -0.1) is 35.9 Å². The molecule has 1 aliphatic heterocycles. The fourth-order valence-electron chi connectivity index (χ4n) is 5.99. The zero-order valence-electron chi connectivity index (χ0n) is 23.7. The number of rotatable bonds is 12. The highest BCUT2D eigenvalue weighted by Crippen LogP contribution is 2.55. The number of hydrogen-bond acceptors (Lipinski definition) is 7. The molecule has 0 amide bonds. The van der Waals surface area contributed by atoms with Crippen LogP contribution in [0.25, 0.3) is 0 Å². The van der Waals surface area contributed by atoms with Crippen molar-refractivity contribution < 1.29 is 18.9 Å². The van der Waals surface area contributed by atoms with Gasteiger partial charge in [-0.05, 0) is 85.5 Å². The summed E-state index contributed by atoms with van der Waals surface area (Å²) in [5, 5.41) is 0. The van der Waals surface area contributed by atoms with Crippen molar-refractivity contribution in [1.29, 1.82) is 0 Å². The van der Waals surface area contributed by atoms with Crippen LogP contribution in [0.2, 0.25) is 0 Å². The first-order valence-corrected chi connectivity index (χ1v) is 15.3. The second-order valence-corrected chi connectivity index (χ2v) is 13.6. The van der Waals surface area contributed by atoms with Gasteiger partial charge in [0, 0.05) is 18.5 Å². The second-order valence-electron chi connectivity index (χ2n) is 10.6.